The lowest BCUT2D eigenvalue weighted by Gasteiger charge is -2.60. The van der Waals surface area contributed by atoms with E-state index in [2.05, 4.69) is 31.8 Å². The zero-order valence-corrected chi connectivity index (χ0v) is 48.4. The summed E-state index contributed by atoms with van der Waals surface area (Å²) in [6.07, 6.45) is 33.1. The van der Waals surface area contributed by atoms with Crippen LogP contribution in [0.4, 0.5) is 4.79 Å². The summed E-state index contributed by atoms with van der Waals surface area (Å²) in [6.45, 7) is 10.4. The normalized spacial score (nSPS) is 23.3. The van der Waals surface area contributed by atoms with Crippen LogP contribution in [-0.2, 0) is 25.7 Å². The first-order chi connectivity index (χ1) is 38.8. The van der Waals surface area contributed by atoms with Crippen molar-refractivity contribution in [3.63, 3.8) is 0 Å². The van der Waals surface area contributed by atoms with Gasteiger partial charge in [0.25, 0.3) is 0 Å². The fraction of sp³-hybridized carbons (Fsp3) is 0.708. The smallest absolute Gasteiger partial charge is 0.412 e. The highest BCUT2D eigenvalue weighted by molar-refractivity contribution is 6.03. The molecule has 7 atom stereocenters. The Morgan fingerprint density at radius 2 is 1.46 bits per heavy atom. The molecule has 79 heavy (non-hydrogen) atoms. The number of nitrogens with zero attached hydrogens (tertiary/aromatic N) is 2. The van der Waals surface area contributed by atoms with Gasteiger partial charge in [-0.2, -0.15) is 0 Å². The lowest BCUT2D eigenvalue weighted by molar-refractivity contribution is -0.258. The average Bonchev–Trinajstić information content (AvgIpc) is 3.97. The van der Waals surface area contributed by atoms with Crippen LogP contribution in [0.1, 0.15) is 224 Å². The molecule has 2 aromatic rings. The molecule has 5 aliphatic rings. The van der Waals surface area contributed by atoms with Gasteiger partial charge in [-0.25, -0.2) is 4.79 Å². The molecular formula is C65H99N3O11. The van der Waals surface area contributed by atoms with E-state index in [1.54, 1.807) is 12.1 Å². The van der Waals surface area contributed by atoms with Crippen LogP contribution in [0, 0.1) is 17.8 Å². The summed E-state index contributed by atoms with van der Waals surface area (Å²) in [5.74, 6) is 0.0532. The van der Waals surface area contributed by atoms with Crippen LogP contribution in [0.3, 0.4) is 0 Å². The standard InChI is InChI=1S/C65H99N3O11/c1-4-7-9-11-13-15-17-19-21-26-38-66-64(72)77-51-35-37-56-54(45-51)62-52(31-24-28-40-70)50(30-23-27-39-69)44-53-55(67-79-61-33-25-29-42-73-61)46-59(65(78-56,63(53)62)76-41-6-3)68(47-49-34-36-57-58(43-49)75-48-74-57)60(71)32-22-20-18-16-14-12-10-8-5-2/h6,34-37,43-45,50,52,59,61-63,69-70H,3-5,7-33,38-42,46-48H2,1-2H3,(H,66,72)/t50-,52+,59-,61?,62+,63+,65+/m0/s1. The summed E-state index contributed by atoms with van der Waals surface area (Å²) < 4.78 is 38.7. The number of carbonyl (C=O) groups is 2. The summed E-state index contributed by atoms with van der Waals surface area (Å²) in [4.78, 5) is 37.5. The quantitative estimate of drug-likeness (QED) is 0.0333. The lowest BCUT2D eigenvalue weighted by Crippen LogP contribution is -2.70. The van der Waals surface area contributed by atoms with Crippen molar-refractivity contribution in [2.45, 2.75) is 237 Å². The largest absolute Gasteiger partial charge is 0.459 e. The average molecular weight is 1100 g/mol. The molecule has 0 radical (unpaired) electrons. The number of oxime groups is 1. The second-order valence-electron chi connectivity index (χ2n) is 23.0. The van der Waals surface area contributed by atoms with Crippen LogP contribution in [0.25, 0.3) is 0 Å². The van der Waals surface area contributed by atoms with Crippen LogP contribution in [0.5, 0.6) is 23.0 Å². The topological polar surface area (TPSA) is 167 Å². The van der Waals surface area contributed by atoms with Crippen molar-refractivity contribution in [2.24, 2.45) is 22.9 Å². The third kappa shape index (κ3) is 17.9. The number of aliphatic hydroxyl groups excluding tert-OH is 2. The fourth-order valence-corrected chi connectivity index (χ4v) is 12.9. The van der Waals surface area contributed by atoms with Gasteiger partial charge in [0.1, 0.15) is 17.5 Å². The van der Waals surface area contributed by atoms with Gasteiger partial charge in [0, 0.05) is 57.0 Å². The van der Waals surface area contributed by atoms with Gasteiger partial charge in [-0.05, 0) is 105 Å². The van der Waals surface area contributed by atoms with E-state index in [0.717, 1.165) is 100 Å². The number of nitrogens with one attached hydrogen (secondary N) is 1. The molecule has 3 aliphatic heterocycles. The predicted molar refractivity (Wildman–Crippen MR) is 310 cm³/mol. The number of rotatable bonds is 38. The number of unbranched alkanes of at least 4 members (excludes halogenated alkanes) is 19. The van der Waals surface area contributed by atoms with Crippen molar-refractivity contribution in [1.82, 2.24) is 10.2 Å². The number of amides is 2. The van der Waals surface area contributed by atoms with Crippen molar-refractivity contribution in [2.75, 3.05) is 39.8 Å². The summed E-state index contributed by atoms with van der Waals surface area (Å²) in [6, 6.07) is 10.8. The Hall–Kier alpha value is -4.63. The van der Waals surface area contributed by atoms with E-state index >= 15 is 4.79 Å². The summed E-state index contributed by atoms with van der Waals surface area (Å²) >= 11 is 0. The first-order valence-electron chi connectivity index (χ1n) is 31.3. The minimum atomic E-state index is -1.46. The number of hydrogen-bond acceptors (Lipinski definition) is 12. The van der Waals surface area contributed by atoms with Crippen LogP contribution in [-0.4, -0.2) is 90.7 Å². The molecule has 440 valence electrons. The number of carbonyl (C=O) groups excluding carboxylic acids is 2. The van der Waals surface area contributed by atoms with Crippen molar-refractivity contribution < 1.29 is 53.1 Å². The summed E-state index contributed by atoms with van der Waals surface area (Å²) in [7, 11) is 0. The summed E-state index contributed by atoms with van der Waals surface area (Å²) in [5, 5.41) is 28.4. The van der Waals surface area contributed by atoms with Gasteiger partial charge >= 0.3 is 6.09 Å². The van der Waals surface area contributed by atoms with E-state index < -0.39 is 30.1 Å². The van der Waals surface area contributed by atoms with Gasteiger partial charge in [0.15, 0.2) is 11.5 Å². The molecule has 3 N–H and O–H groups in total. The summed E-state index contributed by atoms with van der Waals surface area (Å²) in [5.41, 5.74) is 3.42. The molecule has 1 saturated heterocycles. The lowest BCUT2D eigenvalue weighted by atomic mass is 9.55. The number of allylic oxidation sites excluding steroid dienone is 1. The van der Waals surface area contributed by atoms with E-state index in [0.29, 0.717) is 67.5 Å². The second kappa shape index (κ2) is 34.0. The Labute approximate surface area is 473 Å². The minimum absolute atomic E-state index is 0.00338. The van der Waals surface area contributed by atoms with Crippen LogP contribution in [0.2, 0.25) is 0 Å². The van der Waals surface area contributed by atoms with Gasteiger partial charge in [0.05, 0.1) is 24.8 Å². The molecule has 0 bridgehead atoms. The molecule has 14 nitrogen and oxygen atoms in total. The molecule has 7 rings (SSSR count). The van der Waals surface area contributed by atoms with Gasteiger partial charge in [-0.3, -0.25) is 4.79 Å². The van der Waals surface area contributed by atoms with Gasteiger partial charge in [-0.15, -0.1) is 6.58 Å². The van der Waals surface area contributed by atoms with E-state index in [1.807, 2.05) is 35.2 Å². The van der Waals surface area contributed by atoms with Gasteiger partial charge < -0.3 is 53.7 Å². The predicted octanol–water partition coefficient (Wildman–Crippen LogP) is 14.5. The zero-order chi connectivity index (χ0) is 55.5. The molecule has 2 amide bonds. The molecule has 0 aromatic heterocycles. The number of fused-ring (bicyclic) bond motifs is 3. The van der Waals surface area contributed by atoms with Crippen molar-refractivity contribution in [3.05, 3.63) is 71.8 Å². The van der Waals surface area contributed by atoms with E-state index in [4.69, 9.17) is 38.4 Å². The van der Waals surface area contributed by atoms with Crippen LogP contribution >= 0.6 is 0 Å². The number of hydrogen-bond donors (Lipinski definition) is 3. The zero-order valence-electron chi connectivity index (χ0n) is 48.4. The Bertz CT molecular complexity index is 2210. The Morgan fingerprint density at radius 1 is 0.785 bits per heavy atom. The molecule has 14 heteroatoms. The minimum Gasteiger partial charge on any atom is -0.459 e. The maximum absolute atomic E-state index is 15.5. The number of aliphatic hydroxyl groups is 2. The van der Waals surface area contributed by atoms with Crippen LogP contribution in [0.15, 0.2) is 65.9 Å². The monoisotopic (exact) mass is 1100 g/mol. The molecule has 0 spiro atoms. The van der Waals surface area contributed by atoms with E-state index in [9.17, 15) is 15.0 Å². The number of ether oxygens (including phenoxy) is 6. The van der Waals surface area contributed by atoms with Crippen molar-refractivity contribution in [1.29, 1.82) is 0 Å². The third-order valence-electron chi connectivity index (χ3n) is 17.1. The first kappa shape index (κ1) is 62.0. The third-order valence-corrected chi connectivity index (χ3v) is 17.1. The molecular weight excluding hydrogens is 999 g/mol. The Kier molecular flexibility index (Phi) is 26.6. The molecule has 2 fully saturated rings. The Morgan fingerprint density at radius 3 is 2.14 bits per heavy atom. The maximum Gasteiger partial charge on any atom is 0.412 e. The molecule has 2 aromatic carbocycles. The fourth-order valence-electron chi connectivity index (χ4n) is 12.9. The molecule has 3 heterocycles. The second-order valence-corrected chi connectivity index (χ2v) is 23.0. The first-order valence-corrected chi connectivity index (χ1v) is 31.3. The van der Waals surface area contributed by atoms with E-state index in [-0.39, 0.29) is 63.2 Å². The Balaban J connectivity index is 1.27. The van der Waals surface area contributed by atoms with Crippen molar-refractivity contribution >= 4 is 17.7 Å². The van der Waals surface area contributed by atoms with Crippen molar-refractivity contribution in [3.8, 4) is 23.0 Å². The highest BCUT2D eigenvalue weighted by Crippen LogP contribution is 2.62. The number of benzene rings is 2. The van der Waals surface area contributed by atoms with Crippen LogP contribution < -0.4 is 24.3 Å². The van der Waals surface area contributed by atoms with E-state index in [1.165, 1.54) is 77.0 Å². The highest BCUT2D eigenvalue weighted by Gasteiger charge is 2.65. The van der Waals surface area contributed by atoms with Gasteiger partial charge in [0.2, 0.25) is 24.8 Å². The molecule has 1 saturated carbocycles. The SMILES string of the molecule is C=CCO[C@@]12Oc3ccc(OC(=O)NCCCCCCCCCCCC)cc3[C@H]3[C@H](CCCCO)[C@@H](CCCCO)C=C(C(=NOC4CCCCO4)C[C@@H]1N(Cc1ccc4c(c1)OCO4)C(=O)CCCCCCCCCCC)[C@H]32. The molecule has 1 unspecified atom stereocenters. The highest BCUT2D eigenvalue weighted by atomic mass is 16.8. The maximum atomic E-state index is 15.5. The molecule has 2 aliphatic carbocycles. The van der Waals surface area contributed by atoms with Gasteiger partial charge in [-0.1, -0.05) is 159 Å².